The molecule has 0 aromatic carbocycles. The number of hydrogen-bond donors (Lipinski definition) is 1. The van der Waals surface area contributed by atoms with Crippen molar-refractivity contribution in [2.75, 3.05) is 18.5 Å². The molecule has 88 valence electrons. The average molecular weight is 220 g/mol. The molecular weight excluding hydrogens is 200 g/mol. The summed E-state index contributed by atoms with van der Waals surface area (Å²) in [5, 5.41) is 8.33. The van der Waals surface area contributed by atoms with Gasteiger partial charge in [0.1, 0.15) is 0 Å². The van der Waals surface area contributed by atoms with Crippen molar-refractivity contribution in [2.24, 2.45) is 11.7 Å². The molecule has 2 rings (SSSR count). The molecule has 0 spiro atoms. The highest BCUT2D eigenvalue weighted by molar-refractivity contribution is 5.38. The Labute approximate surface area is 96.9 Å². The molecule has 0 amide bonds. The van der Waals surface area contributed by atoms with Gasteiger partial charge in [-0.25, -0.2) is 0 Å². The minimum Gasteiger partial charge on any atom is -0.355 e. The average Bonchev–Trinajstić information content (AvgIpc) is 2.77. The summed E-state index contributed by atoms with van der Waals surface area (Å²) in [7, 11) is 2.10. The highest BCUT2D eigenvalue weighted by atomic mass is 15.3. The molecule has 2 unspecified atom stereocenters. The molecule has 0 aliphatic heterocycles. The van der Waals surface area contributed by atoms with Crippen molar-refractivity contribution in [3.05, 3.63) is 17.8 Å². The van der Waals surface area contributed by atoms with E-state index in [0.717, 1.165) is 18.1 Å². The minimum atomic E-state index is 0.530. The van der Waals surface area contributed by atoms with E-state index in [9.17, 15) is 0 Å². The van der Waals surface area contributed by atoms with Crippen molar-refractivity contribution in [1.82, 2.24) is 10.2 Å². The standard InChI is InChI=1S/C12H20N4/c1-9-6-7-12(15-14-9)16(2)11-5-3-4-10(11)8-13/h6-7,10-11H,3-5,8,13H2,1-2H3. The van der Waals surface area contributed by atoms with Gasteiger partial charge < -0.3 is 10.6 Å². The number of anilines is 1. The molecule has 0 bridgehead atoms. The summed E-state index contributed by atoms with van der Waals surface area (Å²) in [4.78, 5) is 2.23. The third kappa shape index (κ3) is 2.16. The SMILES string of the molecule is Cc1ccc(N(C)C2CCCC2CN)nn1. The number of nitrogens with two attached hydrogens (primary N) is 1. The molecule has 1 aromatic heterocycles. The summed E-state index contributed by atoms with van der Waals surface area (Å²) in [6, 6.07) is 4.57. The Kier molecular flexibility index (Phi) is 3.39. The normalized spacial score (nSPS) is 24.7. The summed E-state index contributed by atoms with van der Waals surface area (Å²) in [6.45, 7) is 2.73. The Bertz CT molecular complexity index is 335. The lowest BCUT2D eigenvalue weighted by Crippen LogP contribution is -2.38. The van der Waals surface area contributed by atoms with Gasteiger partial charge in [0.25, 0.3) is 0 Å². The molecule has 0 saturated heterocycles. The van der Waals surface area contributed by atoms with Gasteiger partial charge in [-0.1, -0.05) is 6.42 Å². The fourth-order valence-electron chi connectivity index (χ4n) is 2.55. The molecule has 1 aliphatic carbocycles. The molecule has 4 nitrogen and oxygen atoms in total. The Morgan fingerprint density at radius 3 is 2.81 bits per heavy atom. The Morgan fingerprint density at radius 1 is 1.38 bits per heavy atom. The first-order chi connectivity index (χ1) is 7.72. The largest absolute Gasteiger partial charge is 0.355 e. The minimum absolute atomic E-state index is 0.530. The quantitative estimate of drug-likeness (QED) is 0.835. The first-order valence-corrected chi connectivity index (χ1v) is 5.95. The molecule has 0 radical (unpaired) electrons. The highest BCUT2D eigenvalue weighted by Gasteiger charge is 2.29. The van der Waals surface area contributed by atoms with Crippen LogP contribution >= 0.6 is 0 Å². The molecule has 4 heteroatoms. The predicted octanol–water partition coefficient (Wildman–Crippen LogP) is 1.35. The van der Waals surface area contributed by atoms with E-state index in [1.165, 1.54) is 19.3 Å². The van der Waals surface area contributed by atoms with Crippen LogP contribution in [0.1, 0.15) is 25.0 Å². The van der Waals surface area contributed by atoms with Crippen molar-refractivity contribution in [2.45, 2.75) is 32.2 Å². The van der Waals surface area contributed by atoms with E-state index < -0.39 is 0 Å². The Morgan fingerprint density at radius 2 is 2.19 bits per heavy atom. The van der Waals surface area contributed by atoms with Gasteiger partial charge in [0, 0.05) is 13.1 Å². The molecule has 2 atom stereocenters. The first-order valence-electron chi connectivity index (χ1n) is 5.95. The lowest BCUT2D eigenvalue weighted by Gasteiger charge is -2.29. The van der Waals surface area contributed by atoms with Gasteiger partial charge in [0.15, 0.2) is 5.82 Å². The number of nitrogens with zero attached hydrogens (tertiary/aromatic N) is 3. The van der Waals surface area contributed by atoms with Gasteiger partial charge in [-0.15, -0.1) is 5.10 Å². The van der Waals surface area contributed by atoms with E-state index in [2.05, 4.69) is 22.1 Å². The van der Waals surface area contributed by atoms with Gasteiger partial charge in [-0.05, 0) is 44.4 Å². The van der Waals surface area contributed by atoms with Crippen LogP contribution in [0.2, 0.25) is 0 Å². The lowest BCUT2D eigenvalue weighted by atomic mass is 10.0. The van der Waals surface area contributed by atoms with Crippen LogP contribution in [0, 0.1) is 12.8 Å². The molecule has 2 N–H and O–H groups in total. The third-order valence-corrected chi connectivity index (χ3v) is 3.56. The van der Waals surface area contributed by atoms with Crippen LogP contribution in [0.15, 0.2) is 12.1 Å². The van der Waals surface area contributed by atoms with Gasteiger partial charge in [0.05, 0.1) is 5.69 Å². The second-order valence-electron chi connectivity index (χ2n) is 4.64. The molecule has 1 aliphatic rings. The summed E-state index contributed by atoms with van der Waals surface area (Å²) in [5.74, 6) is 1.56. The number of hydrogen-bond acceptors (Lipinski definition) is 4. The topological polar surface area (TPSA) is 55.0 Å². The van der Waals surface area contributed by atoms with Gasteiger partial charge in [0.2, 0.25) is 0 Å². The maximum absolute atomic E-state index is 5.80. The summed E-state index contributed by atoms with van der Waals surface area (Å²) in [6.07, 6.45) is 3.73. The van der Waals surface area contributed by atoms with Crippen LogP contribution in [0.3, 0.4) is 0 Å². The van der Waals surface area contributed by atoms with Crippen LogP contribution in [0.5, 0.6) is 0 Å². The zero-order valence-electron chi connectivity index (χ0n) is 10.1. The Balaban J connectivity index is 2.12. The van der Waals surface area contributed by atoms with E-state index in [1.54, 1.807) is 0 Å². The monoisotopic (exact) mass is 220 g/mol. The van der Waals surface area contributed by atoms with Crippen LogP contribution < -0.4 is 10.6 Å². The van der Waals surface area contributed by atoms with E-state index in [-0.39, 0.29) is 0 Å². The smallest absolute Gasteiger partial charge is 0.151 e. The number of rotatable bonds is 3. The third-order valence-electron chi connectivity index (χ3n) is 3.56. The van der Waals surface area contributed by atoms with Crippen molar-refractivity contribution in [1.29, 1.82) is 0 Å². The first kappa shape index (κ1) is 11.3. The van der Waals surface area contributed by atoms with E-state index in [1.807, 2.05) is 19.1 Å². The zero-order valence-corrected chi connectivity index (χ0v) is 10.1. The molecular formula is C12H20N4. The van der Waals surface area contributed by atoms with Crippen molar-refractivity contribution >= 4 is 5.82 Å². The number of aryl methyl sites for hydroxylation is 1. The van der Waals surface area contributed by atoms with Gasteiger partial charge in [-0.3, -0.25) is 0 Å². The van der Waals surface area contributed by atoms with Crippen LogP contribution in [0.25, 0.3) is 0 Å². The molecule has 1 aromatic rings. The van der Waals surface area contributed by atoms with Gasteiger partial charge >= 0.3 is 0 Å². The van der Waals surface area contributed by atoms with Crippen molar-refractivity contribution in [3.8, 4) is 0 Å². The molecule has 1 fully saturated rings. The van der Waals surface area contributed by atoms with E-state index in [4.69, 9.17) is 5.73 Å². The van der Waals surface area contributed by atoms with E-state index >= 15 is 0 Å². The van der Waals surface area contributed by atoms with Crippen molar-refractivity contribution < 1.29 is 0 Å². The van der Waals surface area contributed by atoms with Crippen LogP contribution in [-0.2, 0) is 0 Å². The highest BCUT2D eigenvalue weighted by Crippen LogP contribution is 2.30. The second kappa shape index (κ2) is 4.78. The molecule has 1 heterocycles. The summed E-state index contributed by atoms with van der Waals surface area (Å²) < 4.78 is 0. The van der Waals surface area contributed by atoms with Crippen LogP contribution in [0.4, 0.5) is 5.82 Å². The molecule has 16 heavy (non-hydrogen) atoms. The van der Waals surface area contributed by atoms with Gasteiger partial charge in [-0.2, -0.15) is 5.10 Å². The summed E-state index contributed by atoms with van der Waals surface area (Å²) in [5.41, 5.74) is 6.76. The predicted molar refractivity (Wildman–Crippen MR) is 65.4 cm³/mol. The lowest BCUT2D eigenvalue weighted by molar-refractivity contribution is 0.471. The zero-order chi connectivity index (χ0) is 11.5. The van der Waals surface area contributed by atoms with E-state index in [0.29, 0.717) is 12.0 Å². The summed E-state index contributed by atoms with van der Waals surface area (Å²) >= 11 is 0. The fraction of sp³-hybridized carbons (Fsp3) is 0.667. The maximum Gasteiger partial charge on any atom is 0.151 e. The van der Waals surface area contributed by atoms with Crippen molar-refractivity contribution in [3.63, 3.8) is 0 Å². The fourth-order valence-corrected chi connectivity index (χ4v) is 2.55. The maximum atomic E-state index is 5.80. The van der Waals surface area contributed by atoms with Crippen LogP contribution in [-0.4, -0.2) is 29.8 Å². The Hall–Kier alpha value is -1.16. The second-order valence-corrected chi connectivity index (χ2v) is 4.64. The molecule has 1 saturated carbocycles. The number of aromatic nitrogens is 2.